The lowest BCUT2D eigenvalue weighted by molar-refractivity contribution is -0.870. The Morgan fingerprint density at radius 3 is 2.11 bits per heavy atom. The number of carbonyl (C=O) groups excluding carboxylic acids is 3. The largest absolute Gasteiger partial charge is 0.542 e. The van der Waals surface area contributed by atoms with Crippen LogP contribution in [-0.2, 0) is 35.6 Å². The molecule has 0 saturated heterocycles. The van der Waals surface area contributed by atoms with Gasteiger partial charge in [-0.3, -0.25) is 4.57 Å². The van der Waals surface area contributed by atoms with E-state index in [1.165, 1.54) is 30.0 Å². The third-order valence-corrected chi connectivity index (χ3v) is 11.2. The van der Waals surface area contributed by atoms with Crippen LogP contribution in [0.3, 0.4) is 0 Å². The van der Waals surface area contributed by atoms with Crippen LogP contribution in [-0.4, -0.2) is 82.1 Å². The van der Waals surface area contributed by atoms with Crippen LogP contribution in [0.5, 0.6) is 5.75 Å². The van der Waals surface area contributed by atoms with Crippen molar-refractivity contribution in [2.24, 2.45) is 0 Å². The van der Waals surface area contributed by atoms with Crippen LogP contribution in [0.2, 0.25) is 10.0 Å². The summed E-state index contributed by atoms with van der Waals surface area (Å²) in [5.74, 6) is -3.53. The number of hydrogen-bond donors (Lipinski definition) is 1. The van der Waals surface area contributed by atoms with Crippen LogP contribution in [0, 0.1) is 11.6 Å². The molecule has 0 unspecified atom stereocenters. The zero-order valence-corrected chi connectivity index (χ0v) is 34.8. The highest BCUT2D eigenvalue weighted by molar-refractivity contribution is 7.98. The van der Waals surface area contributed by atoms with Gasteiger partial charge >= 0.3 is 12.3 Å². The Bertz CT molecular complexity index is 2100. The lowest BCUT2D eigenvalue weighted by Crippen LogP contribution is -2.37. The number of halogens is 7. The van der Waals surface area contributed by atoms with Gasteiger partial charge in [-0.2, -0.15) is 22.8 Å². The number of benzene rings is 3. The number of unbranched alkanes of at least 4 members (excludes halogenated alkanes) is 2. The minimum absolute atomic E-state index is 0.00507. The molecule has 0 saturated carbocycles. The number of carboxylic acids is 1. The molecule has 1 aromatic heterocycles. The second-order valence-corrected chi connectivity index (χ2v) is 17.2. The molecule has 0 bridgehead atoms. The maximum Gasteiger partial charge on any atom is 0.430 e. The summed E-state index contributed by atoms with van der Waals surface area (Å²) in [7, 11) is 3.94. The average molecular weight is 884 g/mol. The summed E-state index contributed by atoms with van der Waals surface area (Å²) in [5, 5.41) is 9.77. The summed E-state index contributed by atoms with van der Waals surface area (Å²) >= 11 is 14.0. The number of rotatable bonds is 15. The fourth-order valence-electron chi connectivity index (χ4n) is 5.10. The van der Waals surface area contributed by atoms with Crippen molar-refractivity contribution in [2.45, 2.75) is 60.5 Å². The molecule has 3 aromatic carbocycles. The topological polar surface area (TPSA) is 147 Å². The van der Waals surface area contributed by atoms with Crippen molar-refractivity contribution >= 4 is 57.1 Å². The minimum atomic E-state index is -5.19. The Hall–Kier alpha value is -4.03. The van der Waals surface area contributed by atoms with Gasteiger partial charge in [0.2, 0.25) is 10.0 Å². The molecule has 57 heavy (non-hydrogen) atoms. The number of sulfonamides is 1. The minimum Gasteiger partial charge on any atom is -0.542 e. The standard InChI is InChI=1S/C34H41Cl2F2N4O3S2.C2HF3O2.CO2/c1-34(2,23-10-15-28(35)31(18-23)45-6)32-21-39-33(41(32)25-13-11-24(37)12-14-25)46-22-27-29(36)19-26(20-30(27)38)47(43,44)40-16-8-7-9-17-42(3,4)5;3-2(4,5)1(6)7;2-1-3/h10-15,18-21,40H,7-9,16-17,22H2,1-6H3;(H,6,7);/q+1;;/p-1. The first-order chi connectivity index (χ1) is 26.4. The highest BCUT2D eigenvalue weighted by Crippen LogP contribution is 2.40. The third-order valence-electron chi connectivity index (χ3n) is 8.13. The highest BCUT2D eigenvalue weighted by Gasteiger charge is 2.31. The SMILES string of the molecule is COc1cc(C(C)(C)c2cnc(SCc3c(F)cc(S(=O)(=O)NCCCCC[N+](C)(C)C)cc3Cl)n2-c2ccc(F)cc2)ccc1Cl.O=C([O-])C(F)(F)F.O=C=O. The van der Waals surface area contributed by atoms with Gasteiger partial charge in [0.15, 0.2) is 5.16 Å². The predicted octanol–water partition coefficient (Wildman–Crippen LogP) is 6.95. The Kier molecular flexibility index (Phi) is 18.2. The van der Waals surface area contributed by atoms with Gasteiger partial charge in [-0.25, -0.2) is 26.9 Å². The number of hydrogen-bond acceptors (Lipinski definition) is 9. The first-order valence-electron chi connectivity index (χ1n) is 16.8. The number of ether oxygens (including phenoxy) is 1. The Morgan fingerprint density at radius 1 is 0.982 bits per heavy atom. The Balaban J connectivity index is 0.000000997. The van der Waals surface area contributed by atoms with Crippen molar-refractivity contribution < 1.29 is 59.1 Å². The molecule has 11 nitrogen and oxygen atoms in total. The number of alkyl halides is 3. The zero-order chi connectivity index (χ0) is 43.4. The van der Waals surface area contributed by atoms with E-state index in [2.05, 4.69) is 30.8 Å². The van der Waals surface area contributed by atoms with Crippen molar-refractivity contribution in [3.8, 4) is 11.4 Å². The molecule has 4 rings (SSSR count). The molecule has 4 aromatic rings. The quantitative estimate of drug-likeness (QED) is 0.0580. The Labute approximate surface area is 341 Å². The van der Waals surface area contributed by atoms with E-state index in [9.17, 15) is 26.0 Å². The number of quaternary nitrogens is 1. The molecule has 1 N–H and O–H groups in total. The summed E-state index contributed by atoms with van der Waals surface area (Å²) in [6.45, 7) is 5.30. The lowest BCUT2D eigenvalue weighted by Gasteiger charge is -2.28. The molecule has 312 valence electrons. The number of nitrogens with one attached hydrogen (secondary N) is 1. The Morgan fingerprint density at radius 2 is 1.58 bits per heavy atom. The summed E-state index contributed by atoms with van der Waals surface area (Å²) < 4.78 is 97.5. The van der Waals surface area contributed by atoms with Gasteiger partial charge < -0.3 is 19.1 Å². The number of imidazole rings is 1. The second-order valence-electron chi connectivity index (χ2n) is 13.7. The normalized spacial score (nSPS) is 11.8. The van der Waals surface area contributed by atoms with Crippen molar-refractivity contribution in [3.63, 3.8) is 0 Å². The van der Waals surface area contributed by atoms with Crippen LogP contribution in [0.4, 0.5) is 22.0 Å². The second kappa shape index (κ2) is 21.1. The number of aliphatic carboxylic acids is 1. The van der Waals surface area contributed by atoms with Crippen molar-refractivity contribution in [1.29, 1.82) is 0 Å². The molecule has 1 heterocycles. The first-order valence-corrected chi connectivity index (χ1v) is 20.0. The average Bonchev–Trinajstić information content (AvgIpc) is 3.54. The van der Waals surface area contributed by atoms with E-state index in [4.69, 9.17) is 47.4 Å². The lowest BCUT2D eigenvalue weighted by atomic mass is 9.81. The fourth-order valence-corrected chi connectivity index (χ4v) is 7.85. The molecule has 0 amide bonds. The summed E-state index contributed by atoms with van der Waals surface area (Å²) in [5.41, 5.74) is 1.88. The fraction of sp³-hybridized carbons (Fsp3) is 0.378. The molecule has 0 aliphatic carbocycles. The van der Waals surface area contributed by atoms with Gasteiger partial charge in [0.25, 0.3) is 0 Å². The van der Waals surface area contributed by atoms with E-state index < -0.39 is 33.4 Å². The highest BCUT2D eigenvalue weighted by atomic mass is 35.5. The number of aromatic nitrogens is 2. The van der Waals surface area contributed by atoms with Gasteiger partial charge in [-0.15, -0.1) is 0 Å². The molecule has 0 aliphatic heterocycles. The number of carbonyl (C=O) groups is 1. The molecule has 0 spiro atoms. The zero-order valence-electron chi connectivity index (χ0n) is 31.7. The van der Waals surface area contributed by atoms with E-state index in [1.54, 1.807) is 31.5 Å². The molecule has 0 atom stereocenters. The number of nitrogens with zero attached hydrogens (tertiary/aromatic N) is 3. The van der Waals surface area contributed by atoms with Crippen LogP contribution < -0.4 is 14.6 Å². The van der Waals surface area contributed by atoms with E-state index in [1.807, 2.05) is 30.5 Å². The molecule has 0 fully saturated rings. The van der Waals surface area contributed by atoms with Gasteiger partial charge in [-0.05, 0) is 73.4 Å². The van der Waals surface area contributed by atoms with Gasteiger partial charge in [-0.1, -0.05) is 54.9 Å². The van der Waals surface area contributed by atoms with Gasteiger partial charge in [0.05, 0.1) is 56.6 Å². The smallest absolute Gasteiger partial charge is 0.430 e. The first kappa shape index (κ1) is 49.1. The van der Waals surface area contributed by atoms with Crippen LogP contribution in [0.1, 0.15) is 49.9 Å². The maximum atomic E-state index is 15.4. The third kappa shape index (κ3) is 14.7. The van der Waals surface area contributed by atoms with Crippen molar-refractivity contribution in [1.82, 2.24) is 14.3 Å². The van der Waals surface area contributed by atoms with E-state index in [0.29, 0.717) is 28.0 Å². The van der Waals surface area contributed by atoms with E-state index in [0.717, 1.165) is 41.2 Å². The van der Waals surface area contributed by atoms with Crippen molar-refractivity contribution in [2.75, 3.05) is 41.3 Å². The predicted molar refractivity (Wildman–Crippen MR) is 203 cm³/mol. The number of carboxylic acid groups (broad SMARTS) is 1. The summed E-state index contributed by atoms with van der Waals surface area (Å²) in [4.78, 5) is 29.5. The number of thioether (sulfide) groups is 1. The molecule has 20 heteroatoms. The van der Waals surface area contributed by atoms with Crippen LogP contribution >= 0.6 is 35.0 Å². The summed E-state index contributed by atoms with van der Waals surface area (Å²) in [6.07, 6.45) is -0.681. The van der Waals surface area contributed by atoms with Gasteiger partial charge in [0.1, 0.15) is 23.4 Å². The molecular formula is C37H41Cl2F5N4O7S2. The summed E-state index contributed by atoms with van der Waals surface area (Å²) in [6, 6.07) is 13.8. The molecule has 0 radical (unpaired) electrons. The number of methoxy groups -OCH3 is 1. The van der Waals surface area contributed by atoms with Gasteiger partial charge in [0, 0.05) is 34.0 Å². The maximum absolute atomic E-state index is 15.4. The van der Waals surface area contributed by atoms with Crippen molar-refractivity contribution in [3.05, 3.63) is 99.3 Å². The molecule has 0 aliphatic rings. The van der Waals surface area contributed by atoms with Crippen LogP contribution in [0.25, 0.3) is 5.69 Å². The van der Waals surface area contributed by atoms with E-state index in [-0.39, 0.29) is 39.7 Å². The van der Waals surface area contributed by atoms with Crippen LogP contribution in [0.15, 0.2) is 70.8 Å². The van der Waals surface area contributed by atoms with E-state index >= 15 is 4.39 Å². The monoisotopic (exact) mass is 882 g/mol. The molecular weight excluding hydrogens is 842 g/mol.